The van der Waals surface area contributed by atoms with Crippen molar-refractivity contribution in [2.24, 2.45) is 0 Å². The van der Waals surface area contributed by atoms with Crippen LogP contribution in [-0.4, -0.2) is 6.54 Å². The molecule has 0 aliphatic rings. The average molecular weight is 279 g/mol. The molecule has 0 bridgehead atoms. The summed E-state index contributed by atoms with van der Waals surface area (Å²) in [5.74, 6) is 0.324. The lowest BCUT2D eigenvalue weighted by atomic mass is 9.97. The Labute approximate surface area is 117 Å². The van der Waals surface area contributed by atoms with E-state index < -0.39 is 17.7 Å². The van der Waals surface area contributed by atoms with Crippen LogP contribution in [0.2, 0.25) is 0 Å². The van der Waals surface area contributed by atoms with Gasteiger partial charge in [-0.25, -0.2) is 8.78 Å². The lowest BCUT2D eigenvalue weighted by Crippen LogP contribution is -2.25. The Morgan fingerprint density at radius 2 is 1.85 bits per heavy atom. The molecule has 1 heterocycles. The van der Waals surface area contributed by atoms with Gasteiger partial charge in [0.15, 0.2) is 0 Å². The number of nitrogens with one attached hydrogen (secondary N) is 1. The number of halogens is 2. The van der Waals surface area contributed by atoms with E-state index in [1.165, 1.54) is 18.2 Å². The summed E-state index contributed by atoms with van der Waals surface area (Å²) < 4.78 is 33.6. The summed E-state index contributed by atoms with van der Waals surface area (Å²) in [6, 6.07) is 5.23. The first kappa shape index (κ1) is 14.7. The summed E-state index contributed by atoms with van der Waals surface area (Å²) in [5.41, 5.74) is 0.824. The molecular weight excluding hydrogens is 260 g/mol. The van der Waals surface area contributed by atoms with Crippen LogP contribution in [0.1, 0.15) is 42.0 Å². The molecule has 1 aromatic heterocycles. The van der Waals surface area contributed by atoms with E-state index in [1.807, 2.05) is 26.8 Å². The predicted molar refractivity (Wildman–Crippen MR) is 74.7 cm³/mol. The third kappa shape index (κ3) is 2.90. The molecule has 108 valence electrons. The summed E-state index contributed by atoms with van der Waals surface area (Å²) in [6.07, 6.45) is 0.877. The van der Waals surface area contributed by atoms with Gasteiger partial charge < -0.3 is 9.73 Å². The zero-order valence-electron chi connectivity index (χ0n) is 12.0. The Morgan fingerprint density at radius 1 is 1.20 bits per heavy atom. The molecule has 20 heavy (non-hydrogen) atoms. The molecule has 1 N–H and O–H groups in total. The van der Waals surface area contributed by atoms with Crippen molar-refractivity contribution in [2.45, 2.75) is 33.2 Å². The maximum absolute atomic E-state index is 14.0. The molecule has 2 rings (SSSR count). The monoisotopic (exact) mass is 279 g/mol. The van der Waals surface area contributed by atoms with E-state index in [9.17, 15) is 8.78 Å². The van der Waals surface area contributed by atoms with Gasteiger partial charge in [0.25, 0.3) is 0 Å². The molecule has 4 heteroatoms. The van der Waals surface area contributed by atoms with E-state index in [0.29, 0.717) is 12.3 Å². The average Bonchev–Trinajstić information content (AvgIpc) is 2.72. The zero-order valence-corrected chi connectivity index (χ0v) is 12.0. The first-order valence-electron chi connectivity index (χ1n) is 6.78. The van der Waals surface area contributed by atoms with Crippen molar-refractivity contribution >= 4 is 0 Å². The van der Waals surface area contributed by atoms with E-state index in [2.05, 4.69) is 5.32 Å². The van der Waals surface area contributed by atoms with Gasteiger partial charge in [0.05, 0.1) is 6.04 Å². The maximum Gasteiger partial charge on any atom is 0.131 e. The molecule has 2 nitrogen and oxygen atoms in total. The molecule has 0 saturated carbocycles. The molecule has 1 aromatic carbocycles. The highest BCUT2D eigenvalue weighted by Gasteiger charge is 2.24. The van der Waals surface area contributed by atoms with Gasteiger partial charge in [0.2, 0.25) is 0 Å². The molecule has 2 aromatic rings. The molecule has 0 amide bonds. The number of hydrogen-bond acceptors (Lipinski definition) is 2. The Bertz CT molecular complexity index is 572. The number of hydrogen-bond donors (Lipinski definition) is 1. The summed E-state index contributed by atoms with van der Waals surface area (Å²) in [5, 5.41) is 3.20. The van der Waals surface area contributed by atoms with Crippen molar-refractivity contribution in [3.05, 3.63) is 58.5 Å². The van der Waals surface area contributed by atoms with E-state index in [4.69, 9.17) is 4.42 Å². The van der Waals surface area contributed by atoms with E-state index >= 15 is 0 Å². The molecule has 1 atom stereocenters. The third-order valence-corrected chi connectivity index (χ3v) is 3.28. The zero-order chi connectivity index (χ0) is 14.7. The number of benzene rings is 1. The van der Waals surface area contributed by atoms with E-state index in [-0.39, 0.29) is 5.56 Å². The SMILES string of the molecule is CCCNC(c1cc(C)oc1C)c1c(F)cccc1F. The largest absolute Gasteiger partial charge is 0.466 e. The van der Waals surface area contributed by atoms with Crippen LogP contribution in [0.5, 0.6) is 0 Å². The third-order valence-electron chi connectivity index (χ3n) is 3.28. The molecule has 1 unspecified atom stereocenters. The fourth-order valence-corrected chi connectivity index (χ4v) is 2.38. The molecule has 0 saturated heterocycles. The van der Waals surface area contributed by atoms with Crippen LogP contribution in [0.25, 0.3) is 0 Å². The van der Waals surface area contributed by atoms with Crippen molar-refractivity contribution in [1.82, 2.24) is 5.32 Å². The van der Waals surface area contributed by atoms with Crippen molar-refractivity contribution in [3.63, 3.8) is 0 Å². The minimum atomic E-state index is -0.545. The van der Waals surface area contributed by atoms with Gasteiger partial charge >= 0.3 is 0 Å². The van der Waals surface area contributed by atoms with Crippen LogP contribution in [-0.2, 0) is 0 Å². The predicted octanol–water partition coefficient (Wildman–Crippen LogP) is 4.26. The molecule has 0 radical (unpaired) electrons. The van der Waals surface area contributed by atoms with Crippen LogP contribution in [0.4, 0.5) is 8.78 Å². The summed E-state index contributed by atoms with van der Waals surface area (Å²) in [4.78, 5) is 0. The van der Waals surface area contributed by atoms with Crippen LogP contribution < -0.4 is 5.32 Å². The van der Waals surface area contributed by atoms with Gasteiger partial charge in [0.1, 0.15) is 23.2 Å². The van der Waals surface area contributed by atoms with Gasteiger partial charge in [0, 0.05) is 11.1 Å². The fourth-order valence-electron chi connectivity index (χ4n) is 2.38. The Morgan fingerprint density at radius 3 is 2.35 bits per heavy atom. The summed E-state index contributed by atoms with van der Waals surface area (Å²) in [7, 11) is 0. The highest BCUT2D eigenvalue weighted by atomic mass is 19.1. The summed E-state index contributed by atoms with van der Waals surface area (Å²) in [6.45, 7) is 6.31. The van der Waals surface area contributed by atoms with Crippen molar-refractivity contribution in [1.29, 1.82) is 0 Å². The second kappa shape index (κ2) is 6.18. The van der Waals surface area contributed by atoms with Crippen LogP contribution in [0.15, 0.2) is 28.7 Å². The van der Waals surface area contributed by atoms with Crippen LogP contribution >= 0.6 is 0 Å². The van der Waals surface area contributed by atoms with Crippen LogP contribution in [0.3, 0.4) is 0 Å². The minimum Gasteiger partial charge on any atom is -0.466 e. The second-order valence-corrected chi connectivity index (χ2v) is 4.89. The van der Waals surface area contributed by atoms with Crippen molar-refractivity contribution in [2.75, 3.05) is 6.54 Å². The molecule has 0 aliphatic carbocycles. The van der Waals surface area contributed by atoms with Gasteiger partial charge in [-0.2, -0.15) is 0 Å². The van der Waals surface area contributed by atoms with E-state index in [0.717, 1.165) is 17.7 Å². The molecular formula is C16H19F2NO. The van der Waals surface area contributed by atoms with Crippen molar-refractivity contribution < 1.29 is 13.2 Å². The van der Waals surface area contributed by atoms with Crippen molar-refractivity contribution in [3.8, 4) is 0 Å². The Balaban J connectivity index is 2.50. The highest BCUT2D eigenvalue weighted by molar-refractivity contribution is 5.36. The standard InChI is InChI=1S/C16H19F2NO/c1-4-8-19-16(12-9-10(2)20-11(12)3)15-13(17)6-5-7-14(15)18/h5-7,9,16,19H,4,8H2,1-3H3. The lowest BCUT2D eigenvalue weighted by Gasteiger charge is -2.19. The normalized spacial score (nSPS) is 12.7. The maximum atomic E-state index is 14.0. The van der Waals surface area contributed by atoms with Gasteiger partial charge in [-0.1, -0.05) is 13.0 Å². The van der Waals surface area contributed by atoms with Gasteiger partial charge in [-0.15, -0.1) is 0 Å². The molecule has 0 spiro atoms. The number of aryl methyl sites for hydroxylation is 2. The van der Waals surface area contributed by atoms with Gasteiger partial charge in [-0.05, 0) is 45.0 Å². The quantitative estimate of drug-likeness (QED) is 0.884. The first-order valence-corrected chi connectivity index (χ1v) is 6.78. The molecule has 0 aliphatic heterocycles. The number of rotatable bonds is 5. The van der Waals surface area contributed by atoms with Crippen LogP contribution in [0, 0.1) is 25.5 Å². The topological polar surface area (TPSA) is 25.2 Å². The Hall–Kier alpha value is -1.68. The highest BCUT2D eigenvalue weighted by Crippen LogP contribution is 2.30. The lowest BCUT2D eigenvalue weighted by molar-refractivity contribution is 0.479. The number of furan rings is 1. The smallest absolute Gasteiger partial charge is 0.131 e. The van der Waals surface area contributed by atoms with E-state index in [1.54, 1.807) is 0 Å². The Kier molecular flexibility index (Phi) is 4.55. The van der Waals surface area contributed by atoms with Gasteiger partial charge in [-0.3, -0.25) is 0 Å². The first-order chi connectivity index (χ1) is 9.54. The second-order valence-electron chi connectivity index (χ2n) is 4.89. The fraction of sp³-hybridized carbons (Fsp3) is 0.375. The molecule has 0 fully saturated rings. The summed E-state index contributed by atoms with van der Waals surface area (Å²) >= 11 is 0. The minimum absolute atomic E-state index is 0.0462.